The van der Waals surface area contributed by atoms with E-state index in [1.54, 1.807) is 0 Å². The number of aliphatic carboxylic acids is 1. The zero-order valence-electron chi connectivity index (χ0n) is 9.19. The van der Waals surface area contributed by atoms with Crippen LogP contribution in [0.3, 0.4) is 0 Å². The van der Waals surface area contributed by atoms with E-state index in [4.69, 9.17) is 10.2 Å². The van der Waals surface area contributed by atoms with Gasteiger partial charge in [0.25, 0.3) is 0 Å². The third-order valence-corrected chi connectivity index (χ3v) is 2.39. The summed E-state index contributed by atoms with van der Waals surface area (Å²) in [6, 6.07) is 0. The summed E-state index contributed by atoms with van der Waals surface area (Å²) in [4.78, 5) is 10.2. The van der Waals surface area contributed by atoms with Gasteiger partial charge < -0.3 is 15.3 Å². The van der Waals surface area contributed by atoms with Gasteiger partial charge in [0.15, 0.2) is 0 Å². The van der Waals surface area contributed by atoms with Crippen LogP contribution in [0, 0.1) is 0 Å². The molecule has 0 aliphatic heterocycles. The Labute approximate surface area is 90.9 Å². The molecule has 90 valence electrons. The normalized spacial score (nSPS) is 12.7. The molecule has 0 saturated carbocycles. The first kappa shape index (κ1) is 14.4. The van der Waals surface area contributed by atoms with Crippen LogP contribution in [-0.2, 0) is 4.79 Å². The Bertz CT molecular complexity index is 159. The van der Waals surface area contributed by atoms with E-state index in [1.807, 2.05) is 0 Å². The van der Waals surface area contributed by atoms with Crippen molar-refractivity contribution in [1.82, 2.24) is 0 Å². The standard InChI is InChI=1S/C11H22O4/c12-9-8-10(13)6-4-2-1-3-5-7-11(14)15/h10,12-13H,1-9H2,(H,14,15). The predicted molar refractivity (Wildman–Crippen MR) is 57.7 cm³/mol. The van der Waals surface area contributed by atoms with Crippen LogP contribution >= 0.6 is 0 Å². The van der Waals surface area contributed by atoms with Crippen molar-refractivity contribution in [1.29, 1.82) is 0 Å². The molecule has 0 aromatic rings. The van der Waals surface area contributed by atoms with Crippen molar-refractivity contribution in [2.75, 3.05) is 6.61 Å². The third-order valence-electron chi connectivity index (χ3n) is 2.39. The number of carboxylic acid groups (broad SMARTS) is 1. The number of carboxylic acids is 1. The number of rotatable bonds is 10. The molecular weight excluding hydrogens is 196 g/mol. The van der Waals surface area contributed by atoms with E-state index in [1.165, 1.54) is 0 Å². The van der Waals surface area contributed by atoms with Crippen molar-refractivity contribution < 1.29 is 20.1 Å². The van der Waals surface area contributed by atoms with E-state index in [2.05, 4.69) is 0 Å². The lowest BCUT2D eigenvalue weighted by Crippen LogP contribution is -2.08. The first-order valence-electron chi connectivity index (χ1n) is 5.67. The van der Waals surface area contributed by atoms with Crippen molar-refractivity contribution in [2.24, 2.45) is 0 Å². The Morgan fingerprint density at radius 2 is 1.60 bits per heavy atom. The second-order valence-electron chi connectivity index (χ2n) is 3.87. The maximum atomic E-state index is 10.2. The van der Waals surface area contributed by atoms with E-state index < -0.39 is 5.97 Å². The maximum Gasteiger partial charge on any atom is 0.303 e. The largest absolute Gasteiger partial charge is 0.481 e. The van der Waals surface area contributed by atoms with Gasteiger partial charge in [0.05, 0.1) is 6.10 Å². The molecule has 0 aliphatic rings. The minimum Gasteiger partial charge on any atom is -0.481 e. The number of carbonyl (C=O) groups is 1. The van der Waals surface area contributed by atoms with Gasteiger partial charge in [-0.1, -0.05) is 25.7 Å². The lowest BCUT2D eigenvalue weighted by Gasteiger charge is -2.07. The zero-order valence-corrected chi connectivity index (χ0v) is 9.19. The molecule has 1 atom stereocenters. The SMILES string of the molecule is O=C(O)CCCCCCCC(O)CCO. The van der Waals surface area contributed by atoms with E-state index in [0.29, 0.717) is 6.42 Å². The van der Waals surface area contributed by atoms with Gasteiger partial charge in [-0.05, 0) is 19.3 Å². The fourth-order valence-electron chi connectivity index (χ4n) is 1.48. The van der Waals surface area contributed by atoms with Gasteiger partial charge in [-0.15, -0.1) is 0 Å². The van der Waals surface area contributed by atoms with Crippen LogP contribution in [0.1, 0.15) is 51.4 Å². The van der Waals surface area contributed by atoms with Crippen LogP contribution in [0.5, 0.6) is 0 Å². The molecule has 15 heavy (non-hydrogen) atoms. The number of aliphatic hydroxyl groups is 2. The second-order valence-corrected chi connectivity index (χ2v) is 3.87. The molecule has 4 nitrogen and oxygen atoms in total. The maximum absolute atomic E-state index is 10.2. The summed E-state index contributed by atoms with van der Waals surface area (Å²) < 4.78 is 0. The van der Waals surface area contributed by atoms with Crippen molar-refractivity contribution in [2.45, 2.75) is 57.5 Å². The number of hydrogen-bond donors (Lipinski definition) is 3. The summed E-state index contributed by atoms with van der Waals surface area (Å²) in [6.07, 6.45) is 5.77. The topological polar surface area (TPSA) is 77.8 Å². The monoisotopic (exact) mass is 218 g/mol. The number of hydrogen-bond acceptors (Lipinski definition) is 3. The van der Waals surface area contributed by atoms with Crippen molar-refractivity contribution >= 4 is 5.97 Å². The van der Waals surface area contributed by atoms with Crippen LogP contribution < -0.4 is 0 Å². The summed E-state index contributed by atoms with van der Waals surface area (Å²) in [5, 5.41) is 26.2. The molecule has 0 radical (unpaired) electrons. The van der Waals surface area contributed by atoms with Gasteiger partial charge in [-0.2, -0.15) is 0 Å². The molecule has 1 unspecified atom stereocenters. The Morgan fingerprint density at radius 1 is 1.00 bits per heavy atom. The lowest BCUT2D eigenvalue weighted by atomic mass is 10.1. The highest BCUT2D eigenvalue weighted by atomic mass is 16.4. The fraction of sp³-hybridized carbons (Fsp3) is 0.909. The predicted octanol–water partition coefficient (Wildman–Crippen LogP) is 1.54. The van der Waals surface area contributed by atoms with Crippen LogP contribution in [0.2, 0.25) is 0 Å². The molecule has 0 bridgehead atoms. The van der Waals surface area contributed by atoms with Gasteiger partial charge in [0.1, 0.15) is 0 Å². The summed E-state index contributed by atoms with van der Waals surface area (Å²) in [5.74, 6) is -0.728. The highest BCUT2D eigenvalue weighted by Crippen LogP contribution is 2.09. The van der Waals surface area contributed by atoms with Crippen LogP contribution in [0.15, 0.2) is 0 Å². The Balaban J connectivity index is 3.07. The van der Waals surface area contributed by atoms with Crippen LogP contribution in [-0.4, -0.2) is 34.0 Å². The molecule has 0 aromatic carbocycles. The summed E-state index contributed by atoms with van der Waals surface area (Å²) in [6.45, 7) is 0.0414. The zero-order chi connectivity index (χ0) is 11.5. The molecule has 4 heteroatoms. The molecule has 3 N–H and O–H groups in total. The fourth-order valence-corrected chi connectivity index (χ4v) is 1.48. The average molecular weight is 218 g/mol. The number of aliphatic hydroxyl groups excluding tert-OH is 2. The van der Waals surface area contributed by atoms with E-state index in [0.717, 1.165) is 38.5 Å². The first-order valence-corrected chi connectivity index (χ1v) is 5.67. The van der Waals surface area contributed by atoms with Gasteiger partial charge in [-0.25, -0.2) is 0 Å². The molecule has 0 heterocycles. The van der Waals surface area contributed by atoms with Crippen LogP contribution in [0.25, 0.3) is 0 Å². The minimum atomic E-state index is -0.728. The molecule has 0 saturated heterocycles. The summed E-state index contributed by atoms with van der Waals surface area (Å²) in [5.41, 5.74) is 0. The van der Waals surface area contributed by atoms with Gasteiger partial charge in [0.2, 0.25) is 0 Å². The highest BCUT2D eigenvalue weighted by Gasteiger charge is 2.02. The van der Waals surface area contributed by atoms with E-state index in [-0.39, 0.29) is 19.1 Å². The average Bonchev–Trinajstić information content (AvgIpc) is 2.16. The summed E-state index contributed by atoms with van der Waals surface area (Å²) in [7, 11) is 0. The Hall–Kier alpha value is -0.610. The molecule has 0 fully saturated rings. The Morgan fingerprint density at radius 3 is 2.20 bits per heavy atom. The van der Waals surface area contributed by atoms with E-state index in [9.17, 15) is 9.90 Å². The highest BCUT2D eigenvalue weighted by molar-refractivity contribution is 5.66. The Kier molecular flexibility index (Phi) is 9.52. The van der Waals surface area contributed by atoms with Crippen molar-refractivity contribution in [3.63, 3.8) is 0 Å². The molecule has 0 rings (SSSR count). The molecule has 0 aromatic heterocycles. The van der Waals surface area contributed by atoms with Crippen LogP contribution in [0.4, 0.5) is 0 Å². The van der Waals surface area contributed by atoms with E-state index >= 15 is 0 Å². The molecule has 0 spiro atoms. The first-order chi connectivity index (χ1) is 7.16. The van der Waals surface area contributed by atoms with Gasteiger partial charge in [-0.3, -0.25) is 4.79 Å². The van der Waals surface area contributed by atoms with Gasteiger partial charge in [0, 0.05) is 13.0 Å². The number of unbranched alkanes of at least 4 members (excludes halogenated alkanes) is 4. The van der Waals surface area contributed by atoms with Gasteiger partial charge >= 0.3 is 5.97 Å². The third kappa shape index (κ3) is 11.3. The quantitative estimate of drug-likeness (QED) is 0.486. The van der Waals surface area contributed by atoms with Crippen molar-refractivity contribution in [3.05, 3.63) is 0 Å². The minimum absolute atomic E-state index is 0.0414. The summed E-state index contributed by atoms with van der Waals surface area (Å²) >= 11 is 0. The molecular formula is C11H22O4. The smallest absolute Gasteiger partial charge is 0.303 e. The van der Waals surface area contributed by atoms with Crippen molar-refractivity contribution in [3.8, 4) is 0 Å². The molecule has 0 amide bonds. The lowest BCUT2D eigenvalue weighted by molar-refractivity contribution is -0.137. The second kappa shape index (κ2) is 9.93. The molecule has 0 aliphatic carbocycles.